The Balaban J connectivity index is 1.37. The van der Waals surface area contributed by atoms with Crippen LogP contribution in [0.3, 0.4) is 0 Å². The van der Waals surface area contributed by atoms with E-state index in [0.717, 1.165) is 16.8 Å². The highest BCUT2D eigenvalue weighted by Gasteiger charge is 2.41. The van der Waals surface area contributed by atoms with Crippen LogP contribution in [0.25, 0.3) is 5.65 Å². The van der Waals surface area contributed by atoms with Gasteiger partial charge in [-0.25, -0.2) is 19.9 Å². The van der Waals surface area contributed by atoms with Crippen molar-refractivity contribution in [3.05, 3.63) is 112 Å². The molecule has 0 spiro atoms. The fraction of sp³-hybridized carbons (Fsp3) is 0.0800. The van der Waals surface area contributed by atoms with Gasteiger partial charge in [0.2, 0.25) is 0 Å². The predicted octanol–water partition coefficient (Wildman–Crippen LogP) is 3.96. The molecule has 0 radical (unpaired) electrons. The average molecular weight is 452 g/mol. The summed E-state index contributed by atoms with van der Waals surface area (Å²) >= 11 is 1.37. The van der Waals surface area contributed by atoms with E-state index in [0.29, 0.717) is 28.1 Å². The molecule has 4 aromatic rings. The standard InChI is InChI=1S/C25H17N5O2S/c31-21-14-17(26-20-12-6-7-13-29(20)21)15-33-25-27-19-11-5-4-10-18(19)23-28-22(24(32)30(23)25)16-8-2-1-3-9-16/h1-14,22H,15H2. The largest absolute Gasteiger partial charge is 0.271 e. The third kappa shape index (κ3) is 3.35. The first-order valence-corrected chi connectivity index (χ1v) is 11.4. The summed E-state index contributed by atoms with van der Waals surface area (Å²) in [5.41, 5.74) is 3.51. The number of hydrogen-bond donors (Lipinski definition) is 0. The van der Waals surface area contributed by atoms with E-state index >= 15 is 0 Å². The van der Waals surface area contributed by atoms with Crippen molar-refractivity contribution in [2.45, 2.75) is 11.8 Å². The lowest BCUT2D eigenvalue weighted by Crippen LogP contribution is -2.39. The zero-order valence-electron chi connectivity index (χ0n) is 17.3. The summed E-state index contributed by atoms with van der Waals surface area (Å²) in [6, 6.07) is 23.6. The lowest BCUT2D eigenvalue weighted by atomic mass is 10.1. The molecule has 6 rings (SSSR count). The number of carbonyl (C=O) groups is 1. The summed E-state index contributed by atoms with van der Waals surface area (Å²) in [7, 11) is 0. The molecule has 2 aliphatic rings. The minimum atomic E-state index is -0.610. The minimum absolute atomic E-state index is 0.136. The number of thioether (sulfide) groups is 1. The molecule has 8 heteroatoms. The molecule has 1 atom stereocenters. The van der Waals surface area contributed by atoms with Crippen molar-refractivity contribution in [2.75, 3.05) is 0 Å². The van der Waals surface area contributed by atoms with Gasteiger partial charge in [0.15, 0.2) is 11.2 Å². The topological polar surface area (TPSA) is 79.4 Å². The van der Waals surface area contributed by atoms with Gasteiger partial charge >= 0.3 is 0 Å². The van der Waals surface area contributed by atoms with Crippen molar-refractivity contribution in [1.29, 1.82) is 0 Å². The van der Waals surface area contributed by atoms with Gasteiger partial charge in [-0.3, -0.25) is 14.0 Å². The van der Waals surface area contributed by atoms with E-state index in [4.69, 9.17) is 9.98 Å². The van der Waals surface area contributed by atoms with Crippen LogP contribution in [0.5, 0.6) is 0 Å². The Labute approximate surface area is 193 Å². The average Bonchev–Trinajstić information content (AvgIpc) is 3.21. The maximum Gasteiger partial charge on any atom is 0.263 e. The monoisotopic (exact) mass is 451 g/mol. The second-order valence-corrected chi connectivity index (χ2v) is 8.60. The summed E-state index contributed by atoms with van der Waals surface area (Å²) in [5.74, 6) is 0.867. The maximum atomic E-state index is 13.4. The summed E-state index contributed by atoms with van der Waals surface area (Å²) in [5, 5.41) is 0.533. The lowest BCUT2D eigenvalue weighted by molar-refractivity contribution is -0.124. The molecule has 0 bridgehead atoms. The van der Waals surface area contributed by atoms with Crippen molar-refractivity contribution in [1.82, 2.24) is 14.3 Å². The Bertz CT molecular complexity index is 1530. The van der Waals surface area contributed by atoms with Gasteiger partial charge in [0.25, 0.3) is 11.5 Å². The Morgan fingerprint density at radius 3 is 2.58 bits per heavy atom. The van der Waals surface area contributed by atoms with E-state index in [1.165, 1.54) is 22.2 Å². The van der Waals surface area contributed by atoms with E-state index in [2.05, 4.69) is 4.98 Å². The number of aliphatic imine (C=N–C) groups is 2. The molecule has 0 saturated heterocycles. The van der Waals surface area contributed by atoms with Gasteiger partial charge in [-0.15, -0.1) is 0 Å². The Morgan fingerprint density at radius 2 is 1.70 bits per heavy atom. The first kappa shape index (κ1) is 19.6. The third-order valence-corrected chi connectivity index (χ3v) is 6.53. The molecule has 2 aromatic heterocycles. The van der Waals surface area contributed by atoms with E-state index in [1.807, 2.05) is 60.7 Å². The van der Waals surface area contributed by atoms with Crippen LogP contribution in [-0.4, -0.2) is 31.2 Å². The number of benzene rings is 2. The molecule has 7 nitrogen and oxygen atoms in total. The Kier molecular flexibility index (Phi) is 4.66. The van der Waals surface area contributed by atoms with Crippen molar-refractivity contribution in [3.8, 4) is 0 Å². The molecule has 0 aliphatic carbocycles. The number of fused-ring (bicyclic) bond motifs is 4. The number of hydrogen-bond acceptors (Lipinski definition) is 6. The predicted molar refractivity (Wildman–Crippen MR) is 129 cm³/mol. The highest BCUT2D eigenvalue weighted by molar-refractivity contribution is 8.13. The molecule has 1 amide bonds. The fourth-order valence-corrected chi connectivity index (χ4v) is 4.91. The first-order chi connectivity index (χ1) is 16.2. The van der Waals surface area contributed by atoms with Crippen molar-refractivity contribution < 1.29 is 4.79 Å². The quantitative estimate of drug-likeness (QED) is 0.472. The number of carbonyl (C=O) groups excluding carboxylic acids is 1. The highest BCUT2D eigenvalue weighted by atomic mass is 32.2. The number of aromatic nitrogens is 2. The smallest absolute Gasteiger partial charge is 0.263 e. The molecule has 0 N–H and O–H groups in total. The maximum absolute atomic E-state index is 13.4. The summed E-state index contributed by atoms with van der Waals surface area (Å²) in [4.78, 5) is 41.6. The van der Waals surface area contributed by atoms with E-state index in [-0.39, 0.29) is 11.5 Å². The van der Waals surface area contributed by atoms with Crippen LogP contribution in [0.4, 0.5) is 5.69 Å². The number of para-hydroxylation sites is 1. The summed E-state index contributed by atoms with van der Waals surface area (Å²) in [6.45, 7) is 0. The van der Waals surface area contributed by atoms with Crippen molar-refractivity contribution in [3.63, 3.8) is 0 Å². The zero-order chi connectivity index (χ0) is 22.4. The molecular formula is C25H17N5O2S. The van der Waals surface area contributed by atoms with Gasteiger partial charge in [-0.1, -0.05) is 60.3 Å². The summed E-state index contributed by atoms with van der Waals surface area (Å²) in [6.07, 6.45) is 1.69. The van der Waals surface area contributed by atoms with E-state index in [9.17, 15) is 9.59 Å². The van der Waals surface area contributed by atoms with Gasteiger partial charge in [0.05, 0.1) is 11.4 Å². The number of amides is 1. The van der Waals surface area contributed by atoms with Crippen LogP contribution in [0.15, 0.2) is 99.8 Å². The number of nitrogens with zero attached hydrogens (tertiary/aromatic N) is 5. The number of pyridine rings is 1. The zero-order valence-corrected chi connectivity index (χ0v) is 18.1. The van der Waals surface area contributed by atoms with Crippen molar-refractivity contribution in [2.24, 2.45) is 9.98 Å². The normalized spacial score (nSPS) is 16.9. The minimum Gasteiger partial charge on any atom is -0.271 e. The molecule has 2 aliphatic heterocycles. The molecule has 160 valence electrons. The van der Waals surface area contributed by atoms with Gasteiger partial charge < -0.3 is 0 Å². The van der Waals surface area contributed by atoms with Crippen LogP contribution < -0.4 is 5.56 Å². The molecule has 2 aromatic carbocycles. The third-order valence-electron chi connectivity index (χ3n) is 5.56. The summed E-state index contributed by atoms with van der Waals surface area (Å²) < 4.78 is 1.50. The fourth-order valence-electron chi connectivity index (χ4n) is 4.01. The molecule has 1 unspecified atom stereocenters. The number of rotatable bonds is 3. The highest BCUT2D eigenvalue weighted by Crippen LogP contribution is 2.38. The molecule has 4 heterocycles. The van der Waals surface area contributed by atoms with E-state index in [1.54, 1.807) is 23.2 Å². The van der Waals surface area contributed by atoms with Crippen molar-refractivity contribution >= 4 is 40.0 Å². The lowest BCUT2D eigenvalue weighted by Gasteiger charge is -2.25. The van der Waals surface area contributed by atoms with Gasteiger partial charge in [0, 0.05) is 23.6 Å². The first-order valence-electron chi connectivity index (χ1n) is 10.4. The molecular weight excluding hydrogens is 434 g/mol. The Hall–Kier alpha value is -4.04. The van der Waals surface area contributed by atoms with Crippen LogP contribution in [0, 0.1) is 0 Å². The van der Waals surface area contributed by atoms with Crippen LogP contribution in [0.1, 0.15) is 22.9 Å². The molecule has 0 saturated carbocycles. The van der Waals surface area contributed by atoms with Gasteiger partial charge in [-0.2, -0.15) is 0 Å². The second kappa shape index (κ2) is 7.83. The van der Waals surface area contributed by atoms with Crippen LogP contribution >= 0.6 is 11.8 Å². The van der Waals surface area contributed by atoms with Gasteiger partial charge in [0.1, 0.15) is 11.5 Å². The SMILES string of the molecule is O=C1C(c2ccccc2)N=C2c3ccccc3N=C(SCc3cc(=O)n4ccccc4n3)N12. The molecule has 0 fully saturated rings. The molecule has 33 heavy (non-hydrogen) atoms. The van der Waals surface area contributed by atoms with E-state index < -0.39 is 6.04 Å². The van der Waals surface area contributed by atoms with Crippen LogP contribution in [0.2, 0.25) is 0 Å². The Morgan fingerprint density at radius 1 is 0.909 bits per heavy atom. The van der Waals surface area contributed by atoms with Gasteiger partial charge in [-0.05, 0) is 29.8 Å². The van der Waals surface area contributed by atoms with Crippen LogP contribution in [-0.2, 0) is 10.5 Å². The number of amidine groups is 2. The second-order valence-electron chi connectivity index (χ2n) is 7.65.